The SMILES string of the molecule is Cc1nn(CCC(=O)NCCN)cc1Cl. The highest BCUT2D eigenvalue weighted by atomic mass is 35.5. The minimum Gasteiger partial charge on any atom is -0.355 e. The maximum Gasteiger partial charge on any atom is 0.221 e. The van der Waals surface area contributed by atoms with Crippen molar-refractivity contribution in [3.05, 3.63) is 16.9 Å². The Bertz CT molecular complexity index is 317. The van der Waals surface area contributed by atoms with Crippen molar-refractivity contribution in [3.63, 3.8) is 0 Å². The predicted octanol–water partition coefficient (Wildman–Crippen LogP) is 0.310. The van der Waals surface area contributed by atoms with Gasteiger partial charge in [-0.25, -0.2) is 0 Å². The number of rotatable bonds is 5. The summed E-state index contributed by atoms with van der Waals surface area (Å²) >= 11 is 5.83. The first-order valence-corrected chi connectivity index (χ1v) is 5.17. The third kappa shape index (κ3) is 3.89. The minimum absolute atomic E-state index is 0.0234. The van der Waals surface area contributed by atoms with Crippen molar-refractivity contribution >= 4 is 17.5 Å². The number of halogens is 1. The molecule has 1 aromatic heterocycles. The van der Waals surface area contributed by atoms with Crippen molar-refractivity contribution in [2.75, 3.05) is 13.1 Å². The summed E-state index contributed by atoms with van der Waals surface area (Å²) in [6, 6.07) is 0. The number of nitrogens with zero attached hydrogens (tertiary/aromatic N) is 2. The Morgan fingerprint density at radius 1 is 1.73 bits per heavy atom. The van der Waals surface area contributed by atoms with E-state index in [1.165, 1.54) is 0 Å². The Kier molecular flexibility index (Phi) is 4.58. The number of aryl methyl sites for hydroxylation is 2. The molecule has 0 saturated carbocycles. The summed E-state index contributed by atoms with van der Waals surface area (Å²) in [5, 5.41) is 7.45. The molecule has 1 rings (SSSR count). The Balaban J connectivity index is 2.33. The van der Waals surface area contributed by atoms with Crippen molar-refractivity contribution in [2.24, 2.45) is 5.73 Å². The number of aromatic nitrogens is 2. The van der Waals surface area contributed by atoms with Gasteiger partial charge in [0.15, 0.2) is 0 Å². The van der Waals surface area contributed by atoms with E-state index in [1.807, 2.05) is 6.92 Å². The summed E-state index contributed by atoms with van der Waals surface area (Å²) < 4.78 is 1.67. The minimum atomic E-state index is -0.0234. The molecular formula is C9H15ClN4O. The predicted molar refractivity (Wildman–Crippen MR) is 58.7 cm³/mol. The van der Waals surface area contributed by atoms with Crippen LogP contribution in [0.3, 0.4) is 0 Å². The van der Waals surface area contributed by atoms with Gasteiger partial charge in [-0.3, -0.25) is 9.48 Å². The van der Waals surface area contributed by atoms with Crippen LogP contribution >= 0.6 is 11.6 Å². The normalized spacial score (nSPS) is 10.3. The van der Waals surface area contributed by atoms with Gasteiger partial charge in [0.05, 0.1) is 10.7 Å². The van der Waals surface area contributed by atoms with Crippen LogP contribution in [-0.2, 0) is 11.3 Å². The van der Waals surface area contributed by atoms with Gasteiger partial charge in [0.25, 0.3) is 0 Å². The van der Waals surface area contributed by atoms with Crippen molar-refractivity contribution < 1.29 is 4.79 Å². The fourth-order valence-corrected chi connectivity index (χ4v) is 1.27. The molecule has 84 valence electrons. The molecule has 1 amide bonds. The van der Waals surface area contributed by atoms with Crippen LogP contribution < -0.4 is 11.1 Å². The van der Waals surface area contributed by atoms with Crippen molar-refractivity contribution in [2.45, 2.75) is 19.9 Å². The largest absolute Gasteiger partial charge is 0.355 e. The van der Waals surface area contributed by atoms with Gasteiger partial charge in [-0.2, -0.15) is 5.10 Å². The zero-order valence-electron chi connectivity index (χ0n) is 8.66. The highest BCUT2D eigenvalue weighted by Gasteiger charge is 2.04. The van der Waals surface area contributed by atoms with E-state index in [9.17, 15) is 4.79 Å². The number of hydrogen-bond donors (Lipinski definition) is 2. The van der Waals surface area contributed by atoms with Gasteiger partial charge in [0.1, 0.15) is 0 Å². The molecule has 0 aliphatic carbocycles. The quantitative estimate of drug-likeness (QED) is 0.765. The second-order valence-electron chi connectivity index (χ2n) is 3.21. The van der Waals surface area contributed by atoms with Crippen molar-refractivity contribution in [1.82, 2.24) is 15.1 Å². The third-order valence-electron chi connectivity index (χ3n) is 1.92. The molecule has 0 saturated heterocycles. The summed E-state index contributed by atoms with van der Waals surface area (Å²) in [7, 11) is 0. The molecule has 1 heterocycles. The monoisotopic (exact) mass is 230 g/mol. The molecule has 0 spiro atoms. The number of nitrogens with one attached hydrogen (secondary N) is 1. The lowest BCUT2D eigenvalue weighted by Crippen LogP contribution is -2.29. The smallest absolute Gasteiger partial charge is 0.221 e. The fraction of sp³-hybridized carbons (Fsp3) is 0.556. The number of hydrogen-bond acceptors (Lipinski definition) is 3. The molecular weight excluding hydrogens is 216 g/mol. The summed E-state index contributed by atoms with van der Waals surface area (Å²) in [6.45, 7) is 3.33. The van der Waals surface area contributed by atoms with Crippen LogP contribution in [0.1, 0.15) is 12.1 Å². The van der Waals surface area contributed by atoms with Gasteiger partial charge in [0.2, 0.25) is 5.91 Å². The third-order valence-corrected chi connectivity index (χ3v) is 2.29. The molecule has 0 unspecified atom stereocenters. The molecule has 0 atom stereocenters. The van der Waals surface area contributed by atoms with E-state index in [0.29, 0.717) is 31.1 Å². The van der Waals surface area contributed by atoms with Crippen LogP contribution in [0.25, 0.3) is 0 Å². The van der Waals surface area contributed by atoms with Gasteiger partial charge in [-0.05, 0) is 6.92 Å². The Labute approximate surface area is 93.6 Å². The van der Waals surface area contributed by atoms with Gasteiger partial charge in [0, 0.05) is 32.3 Å². The van der Waals surface area contributed by atoms with Gasteiger partial charge < -0.3 is 11.1 Å². The standard InChI is InChI=1S/C9H15ClN4O/c1-7-8(10)6-14(13-7)5-2-9(15)12-4-3-11/h6H,2-5,11H2,1H3,(H,12,15). The zero-order valence-corrected chi connectivity index (χ0v) is 9.42. The highest BCUT2D eigenvalue weighted by molar-refractivity contribution is 6.31. The van der Waals surface area contributed by atoms with E-state index >= 15 is 0 Å². The van der Waals surface area contributed by atoms with Crippen LogP contribution in [0.15, 0.2) is 6.20 Å². The summed E-state index contributed by atoms with van der Waals surface area (Å²) in [6.07, 6.45) is 2.10. The first-order valence-electron chi connectivity index (χ1n) is 4.80. The Morgan fingerprint density at radius 3 is 3.00 bits per heavy atom. The molecule has 0 bridgehead atoms. The van der Waals surface area contributed by atoms with E-state index in [1.54, 1.807) is 10.9 Å². The summed E-state index contributed by atoms with van der Waals surface area (Å²) in [5.74, 6) is -0.0234. The topological polar surface area (TPSA) is 72.9 Å². The lowest BCUT2D eigenvalue weighted by molar-refractivity contribution is -0.121. The molecule has 0 aromatic carbocycles. The summed E-state index contributed by atoms with van der Waals surface area (Å²) in [5.41, 5.74) is 6.03. The molecule has 0 radical (unpaired) electrons. The van der Waals surface area contributed by atoms with Crippen LogP contribution in [-0.4, -0.2) is 28.8 Å². The van der Waals surface area contributed by atoms with E-state index in [-0.39, 0.29) is 5.91 Å². The Morgan fingerprint density at radius 2 is 2.47 bits per heavy atom. The van der Waals surface area contributed by atoms with Crippen molar-refractivity contribution in [3.8, 4) is 0 Å². The van der Waals surface area contributed by atoms with Gasteiger partial charge in [-0.15, -0.1) is 0 Å². The molecule has 3 N–H and O–H groups in total. The molecule has 0 fully saturated rings. The Hall–Kier alpha value is -1.07. The zero-order chi connectivity index (χ0) is 11.3. The number of carbonyl (C=O) groups excluding carboxylic acids is 1. The van der Waals surface area contributed by atoms with Gasteiger partial charge >= 0.3 is 0 Å². The fourth-order valence-electron chi connectivity index (χ4n) is 1.12. The average Bonchev–Trinajstić information content (AvgIpc) is 2.52. The number of carbonyl (C=O) groups is 1. The lowest BCUT2D eigenvalue weighted by atomic mass is 10.4. The van der Waals surface area contributed by atoms with Crippen LogP contribution in [0.2, 0.25) is 5.02 Å². The maximum atomic E-state index is 11.2. The van der Waals surface area contributed by atoms with Crippen LogP contribution in [0, 0.1) is 6.92 Å². The molecule has 5 nitrogen and oxygen atoms in total. The van der Waals surface area contributed by atoms with E-state index in [4.69, 9.17) is 17.3 Å². The highest BCUT2D eigenvalue weighted by Crippen LogP contribution is 2.11. The van der Waals surface area contributed by atoms with E-state index in [2.05, 4.69) is 10.4 Å². The first kappa shape index (κ1) is 12.0. The number of amides is 1. The maximum absolute atomic E-state index is 11.2. The molecule has 6 heteroatoms. The summed E-state index contributed by atoms with van der Waals surface area (Å²) in [4.78, 5) is 11.2. The lowest BCUT2D eigenvalue weighted by Gasteiger charge is -2.03. The second kappa shape index (κ2) is 5.72. The van der Waals surface area contributed by atoms with Crippen LogP contribution in [0.5, 0.6) is 0 Å². The van der Waals surface area contributed by atoms with E-state index in [0.717, 1.165) is 5.69 Å². The van der Waals surface area contributed by atoms with Crippen LogP contribution in [0.4, 0.5) is 0 Å². The first-order chi connectivity index (χ1) is 7.13. The number of nitrogens with two attached hydrogens (primary N) is 1. The molecule has 0 aliphatic rings. The second-order valence-corrected chi connectivity index (χ2v) is 3.62. The average molecular weight is 231 g/mol. The molecule has 1 aromatic rings. The molecule has 15 heavy (non-hydrogen) atoms. The van der Waals surface area contributed by atoms with Crippen molar-refractivity contribution in [1.29, 1.82) is 0 Å². The molecule has 0 aliphatic heterocycles. The van der Waals surface area contributed by atoms with Gasteiger partial charge in [-0.1, -0.05) is 11.6 Å². The van der Waals surface area contributed by atoms with E-state index < -0.39 is 0 Å².